The van der Waals surface area contributed by atoms with Gasteiger partial charge in [0.05, 0.1) is 0 Å². The first-order valence-corrected chi connectivity index (χ1v) is 6.90. The van der Waals surface area contributed by atoms with Gasteiger partial charge in [-0.15, -0.1) is 0 Å². The average molecular weight is 286 g/mol. The molecular weight excluding hydrogens is 270 g/mol. The van der Waals surface area contributed by atoms with E-state index in [9.17, 15) is 0 Å². The summed E-state index contributed by atoms with van der Waals surface area (Å²) in [5.41, 5.74) is 9.11. The molecule has 0 saturated heterocycles. The second-order valence-electron chi connectivity index (χ2n) is 5.03. The number of thiophene rings is 1. The molecule has 1 aromatic rings. The standard InChI is InChI=1S/C12H16BrNS/c1-12(2)4-8(3-9(14)5-12)10-6-15-7-11(10)13/h3,6-7,9H,4-5,14H2,1-2H3. The van der Waals surface area contributed by atoms with Crippen LogP contribution in [0.4, 0.5) is 0 Å². The van der Waals surface area contributed by atoms with Crippen LogP contribution in [0.2, 0.25) is 0 Å². The molecule has 0 spiro atoms. The Morgan fingerprint density at radius 1 is 1.47 bits per heavy atom. The van der Waals surface area contributed by atoms with Gasteiger partial charge in [0.1, 0.15) is 0 Å². The summed E-state index contributed by atoms with van der Waals surface area (Å²) >= 11 is 5.32. The Kier molecular flexibility index (Phi) is 3.06. The molecule has 1 unspecified atom stereocenters. The van der Waals surface area contributed by atoms with Gasteiger partial charge >= 0.3 is 0 Å². The molecular formula is C12H16BrNS. The first kappa shape index (κ1) is 11.4. The number of allylic oxidation sites excluding steroid dienone is 1. The minimum absolute atomic E-state index is 0.204. The number of hydrogen-bond acceptors (Lipinski definition) is 2. The van der Waals surface area contributed by atoms with Crippen molar-refractivity contribution in [3.05, 3.63) is 26.9 Å². The molecule has 1 aliphatic carbocycles. The van der Waals surface area contributed by atoms with Gasteiger partial charge in [-0.1, -0.05) is 19.9 Å². The van der Waals surface area contributed by atoms with Gasteiger partial charge in [-0.3, -0.25) is 0 Å². The molecule has 15 heavy (non-hydrogen) atoms. The highest BCUT2D eigenvalue weighted by Crippen LogP contribution is 2.41. The third-order valence-electron chi connectivity index (χ3n) is 2.83. The Labute approximate surface area is 104 Å². The van der Waals surface area contributed by atoms with Crippen molar-refractivity contribution < 1.29 is 0 Å². The Balaban J connectivity index is 2.34. The van der Waals surface area contributed by atoms with Crippen LogP contribution in [0.3, 0.4) is 0 Å². The molecule has 0 radical (unpaired) electrons. The van der Waals surface area contributed by atoms with Crippen LogP contribution >= 0.6 is 27.3 Å². The lowest BCUT2D eigenvalue weighted by atomic mass is 9.74. The predicted molar refractivity (Wildman–Crippen MR) is 71.0 cm³/mol. The fourth-order valence-electron chi connectivity index (χ4n) is 2.30. The van der Waals surface area contributed by atoms with E-state index in [0.29, 0.717) is 5.41 Å². The molecule has 82 valence electrons. The zero-order valence-corrected chi connectivity index (χ0v) is 11.5. The highest BCUT2D eigenvalue weighted by molar-refractivity contribution is 9.10. The molecule has 0 saturated carbocycles. The maximum atomic E-state index is 6.07. The smallest absolute Gasteiger partial charge is 0.0357 e. The van der Waals surface area contributed by atoms with E-state index in [2.05, 4.69) is 46.6 Å². The van der Waals surface area contributed by atoms with Gasteiger partial charge in [-0.2, -0.15) is 11.3 Å². The fourth-order valence-corrected chi connectivity index (χ4v) is 3.87. The lowest BCUT2D eigenvalue weighted by molar-refractivity contribution is 0.319. The SMILES string of the molecule is CC1(C)CC(c2cscc2Br)=CC(N)C1. The molecule has 3 heteroatoms. The van der Waals surface area contributed by atoms with E-state index in [0.717, 1.165) is 12.8 Å². The van der Waals surface area contributed by atoms with Crippen molar-refractivity contribution in [3.63, 3.8) is 0 Å². The Bertz CT molecular complexity index is 392. The zero-order chi connectivity index (χ0) is 11.1. The van der Waals surface area contributed by atoms with Crippen molar-refractivity contribution in [1.29, 1.82) is 0 Å². The second kappa shape index (κ2) is 4.04. The Morgan fingerprint density at radius 2 is 2.20 bits per heavy atom. The Hall–Kier alpha value is -0.120. The van der Waals surface area contributed by atoms with E-state index in [1.807, 2.05) is 0 Å². The van der Waals surface area contributed by atoms with Crippen molar-refractivity contribution in [2.75, 3.05) is 0 Å². The summed E-state index contributed by atoms with van der Waals surface area (Å²) < 4.78 is 1.20. The second-order valence-corrected chi connectivity index (χ2v) is 6.63. The molecule has 1 atom stereocenters. The van der Waals surface area contributed by atoms with E-state index in [4.69, 9.17) is 5.73 Å². The largest absolute Gasteiger partial charge is 0.324 e. The number of halogens is 1. The summed E-state index contributed by atoms with van der Waals surface area (Å²) in [7, 11) is 0. The molecule has 0 fully saturated rings. The van der Waals surface area contributed by atoms with Gasteiger partial charge in [0.15, 0.2) is 0 Å². The third kappa shape index (κ3) is 2.52. The number of hydrogen-bond donors (Lipinski definition) is 1. The minimum atomic E-state index is 0.204. The first-order chi connectivity index (χ1) is 6.98. The van der Waals surface area contributed by atoms with Crippen molar-refractivity contribution in [2.24, 2.45) is 11.1 Å². The topological polar surface area (TPSA) is 26.0 Å². The van der Waals surface area contributed by atoms with Crippen molar-refractivity contribution in [3.8, 4) is 0 Å². The third-order valence-corrected chi connectivity index (χ3v) is 4.54. The van der Waals surface area contributed by atoms with Crippen LogP contribution in [-0.4, -0.2) is 6.04 Å². The molecule has 1 nitrogen and oxygen atoms in total. The van der Waals surface area contributed by atoms with E-state index >= 15 is 0 Å². The summed E-state index contributed by atoms with van der Waals surface area (Å²) in [6.07, 6.45) is 4.42. The minimum Gasteiger partial charge on any atom is -0.324 e. The van der Waals surface area contributed by atoms with Gasteiger partial charge in [0.2, 0.25) is 0 Å². The summed E-state index contributed by atoms with van der Waals surface area (Å²) in [6.45, 7) is 4.58. The van der Waals surface area contributed by atoms with Crippen LogP contribution in [-0.2, 0) is 0 Å². The maximum absolute atomic E-state index is 6.07. The highest BCUT2D eigenvalue weighted by Gasteiger charge is 2.28. The normalized spacial score (nSPS) is 25.1. The molecule has 2 N–H and O–H groups in total. The molecule has 1 aliphatic rings. The monoisotopic (exact) mass is 285 g/mol. The summed E-state index contributed by atoms with van der Waals surface area (Å²) in [6, 6.07) is 0.204. The van der Waals surface area contributed by atoms with Crippen LogP contribution < -0.4 is 5.73 Å². The molecule has 0 bridgehead atoms. The number of rotatable bonds is 1. The molecule has 0 aromatic carbocycles. The van der Waals surface area contributed by atoms with E-state index in [-0.39, 0.29) is 6.04 Å². The van der Waals surface area contributed by atoms with Gasteiger partial charge < -0.3 is 5.73 Å². The Morgan fingerprint density at radius 3 is 2.73 bits per heavy atom. The summed E-state index contributed by atoms with van der Waals surface area (Å²) in [5, 5.41) is 4.33. The zero-order valence-electron chi connectivity index (χ0n) is 9.09. The molecule has 1 heterocycles. The van der Waals surface area contributed by atoms with E-state index in [1.165, 1.54) is 15.6 Å². The van der Waals surface area contributed by atoms with Crippen LogP contribution in [0.25, 0.3) is 5.57 Å². The quantitative estimate of drug-likeness (QED) is 0.828. The van der Waals surface area contributed by atoms with E-state index < -0.39 is 0 Å². The van der Waals surface area contributed by atoms with Crippen LogP contribution in [0, 0.1) is 5.41 Å². The van der Waals surface area contributed by atoms with Gasteiger partial charge in [0.25, 0.3) is 0 Å². The van der Waals surface area contributed by atoms with Crippen molar-refractivity contribution in [1.82, 2.24) is 0 Å². The van der Waals surface area contributed by atoms with Crippen molar-refractivity contribution >= 4 is 32.8 Å². The van der Waals surface area contributed by atoms with Gasteiger partial charge in [0, 0.05) is 21.5 Å². The first-order valence-electron chi connectivity index (χ1n) is 5.16. The van der Waals surface area contributed by atoms with Crippen LogP contribution in [0.1, 0.15) is 32.3 Å². The maximum Gasteiger partial charge on any atom is 0.0357 e. The molecule has 0 aliphatic heterocycles. The summed E-state index contributed by atoms with van der Waals surface area (Å²) in [4.78, 5) is 0. The lowest BCUT2D eigenvalue weighted by Crippen LogP contribution is -2.30. The van der Waals surface area contributed by atoms with Crippen molar-refractivity contribution in [2.45, 2.75) is 32.7 Å². The van der Waals surface area contributed by atoms with Gasteiger partial charge in [-0.05, 0) is 45.1 Å². The fraction of sp³-hybridized carbons (Fsp3) is 0.500. The van der Waals surface area contributed by atoms with Crippen LogP contribution in [0.5, 0.6) is 0 Å². The summed E-state index contributed by atoms with van der Waals surface area (Å²) in [5.74, 6) is 0. The number of nitrogens with two attached hydrogens (primary N) is 1. The molecule has 0 amide bonds. The van der Waals surface area contributed by atoms with Gasteiger partial charge in [-0.25, -0.2) is 0 Å². The highest BCUT2D eigenvalue weighted by atomic mass is 79.9. The molecule has 1 aromatic heterocycles. The lowest BCUT2D eigenvalue weighted by Gasteiger charge is -2.33. The predicted octanol–water partition coefficient (Wildman–Crippen LogP) is 4.04. The average Bonchev–Trinajstić information content (AvgIpc) is 2.47. The molecule has 2 rings (SSSR count). The van der Waals surface area contributed by atoms with Crippen LogP contribution in [0.15, 0.2) is 21.3 Å². The van der Waals surface area contributed by atoms with E-state index in [1.54, 1.807) is 11.3 Å².